The van der Waals surface area contributed by atoms with E-state index in [-0.39, 0.29) is 11.8 Å². The van der Waals surface area contributed by atoms with Crippen molar-refractivity contribution in [1.82, 2.24) is 10.2 Å². The Morgan fingerprint density at radius 2 is 1.78 bits per heavy atom. The van der Waals surface area contributed by atoms with Crippen molar-refractivity contribution in [3.8, 4) is 0 Å². The molecule has 0 bridgehead atoms. The smallest absolute Gasteiger partial charge is 0.223 e. The van der Waals surface area contributed by atoms with E-state index in [1.165, 1.54) is 11.3 Å². The molecular formula is C22H28BrN3O. The van der Waals surface area contributed by atoms with E-state index in [1.54, 1.807) is 0 Å². The highest BCUT2D eigenvalue weighted by atomic mass is 79.9. The number of likely N-dealkylation sites (N-methyl/N-ethyl adjacent to an activating group) is 1. The Labute approximate surface area is 170 Å². The van der Waals surface area contributed by atoms with Crippen molar-refractivity contribution in [2.75, 3.05) is 38.1 Å². The second-order valence-electron chi connectivity index (χ2n) is 7.23. The zero-order valence-corrected chi connectivity index (χ0v) is 17.5. The minimum Gasteiger partial charge on any atom is -0.373 e. The molecule has 4 nitrogen and oxygen atoms in total. The van der Waals surface area contributed by atoms with Gasteiger partial charge in [0.1, 0.15) is 0 Å². The summed E-state index contributed by atoms with van der Waals surface area (Å²) in [4.78, 5) is 17.1. The van der Waals surface area contributed by atoms with E-state index < -0.39 is 0 Å². The van der Waals surface area contributed by atoms with E-state index in [0.29, 0.717) is 6.54 Å². The van der Waals surface area contributed by atoms with Gasteiger partial charge in [-0.25, -0.2) is 0 Å². The minimum atomic E-state index is 0.146. The van der Waals surface area contributed by atoms with Crippen LogP contribution in [0.25, 0.3) is 0 Å². The molecular weight excluding hydrogens is 402 g/mol. The highest BCUT2D eigenvalue weighted by Gasteiger charge is 2.24. The Balaban J connectivity index is 1.36. The fourth-order valence-electron chi connectivity index (χ4n) is 3.50. The normalized spacial score (nSPS) is 15.5. The van der Waals surface area contributed by atoms with Gasteiger partial charge in [-0.15, -0.1) is 0 Å². The van der Waals surface area contributed by atoms with Crippen LogP contribution in [0, 0.1) is 5.92 Å². The molecule has 0 radical (unpaired) electrons. The predicted molar refractivity (Wildman–Crippen MR) is 115 cm³/mol. The molecule has 1 amide bonds. The third-order valence-electron chi connectivity index (χ3n) is 5.22. The number of likely N-dealkylation sites (tertiary alicyclic amines) is 1. The van der Waals surface area contributed by atoms with Crippen molar-refractivity contribution >= 4 is 27.5 Å². The number of piperidine rings is 1. The van der Waals surface area contributed by atoms with Gasteiger partial charge in [-0.2, -0.15) is 0 Å². The maximum absolute atomic E-state index is 12.5. The maximum Gasteiger partial charge on any atom is 0.223 e. The first-order valence-electron chi connectivity index (χ1n) is 9.62. The minimum absolute atomic E-state index is 0.146. The molecule has 0 aromatic heterocycles. The summed E-state index contributed by atoms with van der Waals surface area (Å²) in [6, 6.07) is 18.7. The van der Waals surface area contributed by atoms with Crippen LogP contribution in [0.5, 0.6) is 0 Å². The van der Waals surface area contributed by atoms with Crippen molar-refractivity contribution < 1.29 is 4.79 Å². The molecule has 5 heteroatoms. The van der Waals surface area contributed by atoms with Gasteiger partial charge in [0, 0.05) is 42.8 Å². The third-order valence-corrected chi connectivity index (χ3v) is 5.75. The summed E-state index contributed by atoms with van der Waals surface area (Å²) in [5.74, 6) is 0.355. The molecule has 1 aliphatic rings. The number of para-hydroxylation sites is 1. The Hall–Kier alpha value is -1.85. The average Bonchev–Trinajstić information content (AvgIpc) is 2.71. The van der Waals surface area contributed by atoms with Crippen molar-refractivity contribution in [1.29, 1.82) is 0 Å². The van der Waals surface area contributed by atoms with Crippen LogP contribution in [0.1, 0.15) is 18.4 Å². The number of benzene rings is 2. The SMILES string of the molecule is CN(CCNC(=O)C1CCN(Cc2ccc(Br)cc2)CC1)c1ccccc1. The lowest BCUT2D eigenvalue weighted by Crippen LogP contribution is -2.42. The fraction of sp³-hybridized carbons (Fsp3) is 0.409. The summed E-state index contributed by atoms with van der Waals surface area (Å²) in [6.07, 6.45) is 1.88. The number of halogens is 1. The Morgan fingerprint density at radius 1 is 1.11 bits per heavy atom. The van der Waals surface area contributed by atoms with Gasteiger partial charge in [-0.05, 0) is 55.8 Å². The molecule has 0 saturated carbocycles. The first kappa shape index (κ1) is 19.9. The molecule has 1 saturated heterocycles. The standard InChI is InChI=1S/C22H28BrN3O/c1-25(21-5-3-2-4-6-21)16-13-24-22(27)19-11-14-26(15-12-19)17-18-7-9-20(23)10-8-18/h2-10,19H,11-17H2,1H3,(H,24,27). The van der Waals surface area contributed by atoms with Crippen LogP contribution in [-0.4, -0.2) is 44.0 Å². The molecule has 3 rings (SSSR count). The Kier molecular flexibility index (Phi) is 7.30. The quantitative estimate of drug-likeness (QED) is 0.724. The zero-order valence-electron chi connectivity index (χ0n) is 15.9. The second kappa shape index (κ2) is 9.90. The molecule has 1 heterocycles. The summed E-state index contributed by atoms with van der Waals surface area (Å²) in [6.45, 7) is 4.43. The number of nitrogens with zero attached hydrogens (tertiary/aromatic N) is 2. The number of hydrogen-bond acceptors (Lipinski definition) is 3. The van der Waals surface area contributed by atoms with Gasteiger partial charge >= 0.3 is 0 Å². The molecule has 144 valence electrons. The van der Waals surface area contributed by atoms with Crippen molar-refractivity contribution in [3.63, 3.8) is 0 Å². The van der Waals surface area contributed by atoms with E-state index in [4.69, 9.17) is 0 Å². The summed E-state index contributed by atoms with van der Waals surface area (Å²) < 4.78 is 1.11. The van der Waals surface area contributed by atoms with Crippen LogP contribution < -0.4 is 10.2 Å². The first-order chi connectivity index (χ1) is 13.1. The number of carbonyl (C=O) groups is 1. The molecule has 0 aliphatic carbocycles. The molecule has 1 fully saturated rings. The topological polar surface area (TPSA) is 35.6 Å². The first-order valence-corrected chi connectivity index (χ1v) is 10.4. The number of rotatable bonds is 7. The van der Waals surface area contributed by atoms with Crippen LogP contribution >= 0.6 is 15.9 Å². The van der Waals surface area contributed by atoms with E-state index in [0.717, 1.165) is 43.5 Å². The van der Waals surface area contributed by atoms with Gasteiger partial charge in [-0.1, -0.05) is 46.3 Å². The average molecular weight is 430 g/mol. The lowest BCUT2D eigenvalue weighted by molar-refractivity contribution is -0.126. The van der Waals surface area contributed by atoms with Crippen LogP contribution in [0.4, 0.5) is 5.69 Å². The highest BCUT2D eigenvalue weighted by Crippen LogP contribution is 2.20. The number of anilines is 1. The highest BCUT2D eigenvalue weighted by molar-refractivity contribution is 9.10. The molecule has 0 atom stereocenters. The van der Waals surface area contributed by atoms with Gasteiger partial charge in [0.15, 0.2) is 0 Å². The third kappa shape index (κ3) is 6.08. The summed E-state index contributed by atoms with van der Waals surface area (Å²) in [5, 5.41) is 3.12. The zero-order chi connectivity index (χ0) is 19.1. The molecule has 27 heavy (non-hydrogen) atoms. The lowest BCUT2D eigenvalue weighted by atomic mass is 9.95. The Morgan fingerprint density at radius 3 is 2.44 bits per heavy atom. The second-order valence-corrected chi connectivity index (χ2v) is 8.14. The lowest BCUT2D eigenvalue weighted by Gasteiger charge is -2.31. The summed E-state index contributed by atoms with van der Waals surface area (Å²) >= 11 is 3.48. The predicted octanol–water partition coefficient (Wildman–Crippen LogP) is 3.91. The van der Waals surface area contributed by atoms with Crippen LogP contribution in [0.3, 0.4) is 0 Å². The maximum atomic E-state index is 12.5. The fourth-order valence-corrected chi connectivity index (χ4v) is 3.77. The number of hydrogen-bond donors (Lipinski definition) is 1. The van der Waals surface area contributed by atoms with Crippen molar-refractivity contribution in [3.05, 3.63) is 64.6 Å². The van der Waals surface area contributed by atoms with Crippen LogP contribution in [0.15, 0.2) is 59.1 Å². The van der Waals surface area contributed by atoms with Gasteiger partial charge in [0.2, 0.25) is 5.91 Å². The van der Waals surface area contributed by atoms with E-state index in [9.17, 15) is 4.79 Å². The Bertz CT molecular complexity index is 712. The van der Waals surface area contributed by atoms with Gasteiger partial charge in [-0.3, -0.25) is 9.69 Å². The number of amides is 1. The van der Waals surface area contributed by atoms with E-state index >= 15 is 0 Å². The van der Waals surface area contributed by atoms with Crippen LogP contribution in [0.2, 0.25) is 0 Å². The molecule has 1 aliphatic heterocycles. The summed E-state index contributed by atoms with van der Waals surface area (Å²) in [7, 11) is 2.06. The van der Waals surface area contributed by atoms with E-state index in [2.05, 4.69) is 74.5 Å². The molecule has 0 spiro atoms. The summed E-state index contributed by atoms with van der Waals surface area (Å²) in [5.41, 5.74) is 2.50. The molecule has 1 N–H and O–H groups in total. The van der Waals surface area contributed by atoms with Gasteiger partial charge in [0.25, 0.3) is 0 Å². The van der Waals surface area contributed by atoms with Gasteiger partial charge in [0.05, 0.1) is 0 Å². The molecule has 2 aromatic carbocycles. The van der Waals surface area contributed by atoms with Crippen LogP contribution in [-0.2, 0) is 11.3 Å². The monoisotopic (exact) mass is 429 g/mol. The van der Waals surface area contributed by atoms with Gasteiger partial charge < -0.3 is 10.2 Å². The van der Waals surface area contributed by atoms with E-state index in [1.807, 2.05) is 18.2 Å². The van der Waals surface area contributed by atoms with Crippen molar-refractivity contribution in [2.45, 2.75) is 19.4 Å². The number of nitrogens with one attached hydrogen (secondary N) is 1. The molecule has 2 aromatic rings. The number of carbonyl (C=O) groups excluding carboxylic acids is 1. The molecule has 0 unspecified atom stereocenters. The largest absolute Gasteiger partial charge is 0.373 e. The van der Waals surface area contributed by atoms with Crippen molar-refractivity contribution in [2.24, 2.45) is 5.92 Å².